The molecule has 1 heterocycles. The van der Waals surface area contributed by atoms with Crippen molar-refractivity contribution in [3.63, 3.8) is 0 Å². The molecule has 3 amide bonds. The van der Waals surface area contributed by atoms with Crippen molar-refractivity contribution in [1.82, 2.24) is 10.3 Å². The van der Waals surface area contributed by atoms with Crippen LogP contribution in [0.4, 0.5) is 16.2 Å². The molecule has 0 saturated heterocycles. The van der Waals surface area contributed by atoms with Crippen molar-refractivity contribution >= 4 is 69.8 Å². The number of pyridine rings is 1. The van der Waals surface area contributed by atoms with E-state index in [-0.39, 0.29) is 36.5 Å². The molecule has 1 aromatic heterocycles. The average Bonchev–Trinajstić information content (AvgIpc) is 2.91. The van der Waals surface area contributed by atoms with E-state index >= 15 is 0 Å². The fraction of sp³-hybridized carbons (Fsp3) is 0.179. The highest BCUT2D eigenvalue weighted by Crippen LogP contribution is 2.35. The molecule has 0 aliphatic rings. The molecule has 0 aliphatic heterocycles. The summed E-state index contributed by atoms with van der Waals surface area (Å²) in [5.74, 6) is 0.727. The lowest BCUT2D eigenvalue weighted by Gasteiger charge is -2.21. The first kappa shape index (κ1) is 29.8. The SMILES string of the molecule is COc1ccccc1NC(=O)NCC(=O)N(C)c1ccc(Cl)c(COc2cc3ccccc3nc2C)c1Cl.Cl. The minimum atomic E-state index is -0.549. The predicted molar refractivity (Wildman–Crippen MR) is 158 cm³/mol. The molecule has 0 bridgehead atoms. The zero-order chi connectivity index (χ0) is 27.2. The molecule has 39 heavy (non-hydrogen) atoms. The van der Waals surface area contributed by atoms with Crippen LogP contribution in [0.1, 0.15) is 11.3 Å². The monoisotopic (exact) mass is 588 g/mol. The first-order valence-corrected chi connectivity index (χ1v) is 12.4. The summed E-state index contributed by atoms with van der Waals surface area (Å²) in [5, 5.41) is 6.84. The minimum Gasteiger partial charge on any atom is -0.495 e. The number of hydrogen-bond donors (Lipinski definition) is 2. The largest absolute Gasteiger partial charge is 0.495 e. The van der Waals surface area contributed by atoms with Gasteiger partial charge in [0, 0.05) is 23.0 Å². The number of urea groups is 1. The van der Waals surface area contributed by atoms with Crippen molar-refractivity contribution in [1.29, 1.82) is 0 Å². The Balaban J connectivity index is 0.00000420. The highest BCUT2D eigenvalue weighted by molar-refractivity contribution is 6.38. The van der Waals surface area contributed by atoms with Crippen LogP contribution in [0, 0.1) is 6.92 Å². The van der Waals surface area contributed by atoms with Gasteiger partial charge in [-0.05, 0) is 43.3 Å². The number of nitrogens with zero attached hydrogens (tertiary/aromatic N) is 2. The lowest BCUT2D eigenvalue weighted by molar-refractivity contribution is -0.117. The summed E-state index contributed by atoms with van der Waals surface area (Å²) < 4.78 is 11.3. The van der Waals surface area contributed by atoms with Crippen LogP contribution < -0.4 is 25.0 Å². The van der Waals surface area contributed by atoms with Crippen LogP contribution in [-0.2, 0) is 11.4 Å². The summed E-state index contributed by atoms with van der Waals surface area (Å²) >= 11 is 13.1. The van der Waals surface area contributed by atoms with Crippen LogP contribution in [0.3, 0.4) is 0 Å². The number of halogens is 3. The van der Waals surface area contributed by atoms with Crippen LogP contribution in [0.5, 0.6) is 11.5 Å². The maximum Gasteiger partial charge on any atom is 0.319 e. The van der Waals surface area contributed by atoms with Crippen LogP contribution in [0.15, 0.2) is 66.7 Å². The van der Waals surface area contributed by atoms with Crippen molar-refractivity contribution in [3.05, 3.63) is 88.0 Å². The molecule has 0 unspecified atom stereocenters. The number of methoxy groups -OCH3 is 1. The van der Waals surface area contributed by atoms with Gasteiger partial charge in [0.15, 0.2) is 0 Å². The zero-order valence-corrected chi connectivity index (χ0v) is 23.8. The molecular formula is C28H27Cl3N4O4. The number of anilines is 2. The van der Waals surface area contributed by atoms with Gasteiger partial charge in [0.2, 0.25) is 5.91 Å². The number of hydrogen-bond acceptors (Lipinski definition) is 5. The molecule has 2 N–H and O–H groups in total. The van der Waals surface area contributed by atoms with E-state index in [0.29, 0.717) is 33.5 Å². The van der Waals surface area contributed by atoms with E-state index in [1.807, 2.05) is 37.3 Å². The standard InChI is InChI=1S/C28H26Cl2N4O4.ClH/c1-17-25(14-18-8-4-5-9-21(18)32-17)38-16-19-20(29)12-13-23(27(19)30)34(2)26(35)15-31-28(36)33-22-10-6-7-11-24(22)37-3;/h4-14H,15-16H2,1-3H3,(H2,31,33,36);1H. The summed E-state index contributed by atoms with van der Waals surface area (Å²) in [6, 6.07) is 19.4. The Morgan fingerprint density at radius 3 is 2.49 bits per heavy atom. The van der Waals surface area contributed by atoms with Gasteiger partial charge in [-0.1, -0.05) is 53.5 Å². The number of nitrogens with one attached hydrogen (secondary N) is 2. The minimum absolute atomic E-state index is 0. The van der Waals surface area contributed by atoms with Gasteiger partial charge in [0.25, 0.3) is 0 Å². The summed E-state index contributed by atoms with van der Waals surface area (Å²) in [5.41, 5.74) is 3.05. The number of rotatable bonds is 8. The predicted octanol–water partition coefficient (Wildman–Crippen LogP) is 6.64. The number of aryl methyl sites for hydroxylation is 1. The normalized spacial score (nSPS) is 10.4. The van der Waals surface area contributed by atoms with Gasteiger partial charge in [0.1, 0.15) is 18.1 Å². The third kappa shape index (κ3) is 7.03. The average molecular weight is 590 g/mol. The smallest absolute Gasteiger partial charge is 0.319 e. The van der Waals surface area contributed by atoms with Crippen LogP contribution >= 0.6 is 35.6 Å². The lowest BCUT2D eigenvalue weighted by atomic mass is 10.1. The van der Waals surface area contributed by atoms with Gasteiger partial charge in [-0.2, -0.15) is 0 Å². The first-order valence-electron chi connectivity index (χ1n) is 11.7. The van der Waals surface area contributed by atoms with E-state index in [2.05, 4.69) is 15.6 Å². The zero-order valence-electron chi connectivity index (χ0n) is 21.5. The van der Waals surface area contributed by atoms with Gasteiger partial charge in [-0.3, -0.25) is 4.79 Å². The third-order valence-electron chi connectivity index (χ3n) is 5.90. The molecule has 3 aromatic carbocycles. The van der Waals surface area contributed by atoms with E-state index in [1.54, 1.807) is 43.4 Å². The molecule has 4 rings (SSSR count). The Labute approximate surface area is 242 Å². The Bertz CT molecular complexity index is 1500. The van der Waals surface area contributed by atoms with E-state index in [1.165, 1.54) is 12.0 Å². The van der Waals surface area contributed by atoms with Crippen molar-refractivity contribution in [2.24, 2.45) is 0 Å². The Kier molecular flexibility index (Phi) is 10.2. The van der Waals surface area contributed by atoms with E-state index in [4.69, 9.17) is 32.7 Å². The Hall–Kier alpha value is -3.72. The van der Waals surface area contributed by atoms with Crippen LogP contribution in [-0.4, -0.2) is 37.6 Å². The highest BCUT2D eigenvalue weighted by atomic mass is 35.5. The highest BCUT2D eigenvalue weighted by Gasteiger charge is 2.20. The quantitative estimate of drug-likeness (QED) is 0.240. The molecule has 0 aliphatic carbocycles. The first-order chi connectivity index (χ1) is 18.3. The molecule has 11 heteroatoms. The number of carbonyl (C=O) groups is 2. The second-order valence-electron chi connectivity index (χ2n) is 8.37. The van der Waals surface area contributed by atoms with E-state index in [9.17, 15) is 9.59 Å². The van der Waals surface area contributed by atoms with Gasteiger partial charge >= 0.3 is 6.03 Å². The lowest BCUT2D eigenvalue weighted by Crippen LogP contribution is -2.40. The van der Waals surface area contributed by atoms with Crippen molar-refractivity contribution in [2.45, 2.75) is 13.5 Å². The van der Waals surface area contributed by atoms with Gasteiger partial charge < -0.3 is 25.0 Å². The fourth-order valence-electron chi connectivity index (χ4n) is 3.79. The second-order valence-corrected chi connectivity index (χ2v) is 9.16. The number of fused-ring (bicyclic) bond motifs is 1. The Morgan fingerprint density at radius 1 is 1.00 bits per heavy atom. The molecule has 0 radical (unpaired) electrons. The van der Waals surface area contributed by atoms with Gasteiger partial charge in [0.05, 0.1) is 41.3 Å². The number of carbonyl (C=O) groups excluding carboxylic acids is 2. The summed E-state index contributed by atoms with van der Waals surface area (Å²) in [7, 11) is 3.07. The number of benzene rings is 3. The second kappa shape index (κ2) is 13.4. The van der Waals surface area contributed by atoms with Crippen LogP contribution in [0.2, 0.25) is 10.0 Å². The molecule has 8 nitrogen and oxygen atoms in total. The fourth-order valence-corrected chi connectivity index (χ4v) is 4.40. The number of ether oxygens (including phenoxy) is 2. The van der Waals surface area contributed by atoms with Crippen molar-refractivity contribution in [3.8, 4) is 11.5 Å². The van der Waals surface area contributed by atoms with Gasteiger partial charge in [-0.15, -0.1) is 12.4 Å². The number of amides is 3. The topological polar surface area (TPSA) is 92.8 Å². The third-order valence-corrected chi connectivity index (χ3v) is 6.67. The number of aromatic nitrogens is 1. The molecule has 0 fully saturated rings. The maximum absolute atomic E-state index is 12.8. The van der Waals surface area contributed by atoms with Gasteiger partial charge in [-0.25, -0.2) is 9.78 Å². The molecular weight excluding hydrogens is 563 g/mol. The number of para-hydroxylation sites is 3. The van der Waals surface area contributed by atoms with Crippen molar-refractivity contribution in [2.75, 3.05) is 30.9 Å². The maximum atomic E-state index is 12.8. The molecule has 204 valence electrons. The summed E-state index contributed by atoms with van der Waals surface area (Å²) in [6.07, 6.45) is 0. The molecule has 4 aromatic rings. The van der Waals surface area contributed by atoms with Crippen LogP contribution in [0.25, 0.3) is 10.9 Å². The summed E-state index contributed by atoms with van der Waals surface area (Å²) in [6.45, 7) is 1.68. The Morgan fingerprint density at radius 2 is 1.72 bits per heavy atom. The number of likely N-dealkylation sites (N-methyl/N-ethyl adjacent to an activating group) is 1. The van der Waals surface area contributed by atoms with E-state index < -0.39 is 6.03 Å². The summed E-state index contributed by atoms with van der Waals surface area (Å²) in [4.78, 5) is 31.1. The van der Waals surface area contributed by atoms with Crippen molar-refractivity contribution < 1.29 is 19.1 Å². The molecule has 0 saturated carbocycles. The molecule has 0 atom stereocenters. The van der Waals surface area contributed by atoms with E-state index in [0.717, 1.165) is 16.6 Å². The molecule has 0 spiro atoms.